The molecular weight excluding hydrogens is 430 g/mol. The summed E-state index contributed by atoms with van der Waals surface area (Å²) >= 11 is 0. The number of aromatic nitrogens is 1. The lowest BCUT2D eigenvalue weighted by molar-refractivity contribution is 0.0967. The van der Waals surface area contributed by atoms with Gasteiger partial charge in [0.1, 0.15) is 11.3 Å². The number of hydrogen-bond acceptors (Lipinski definition) is 5. The van der Waals surface area contributed by atoms with E-state index in [-0.39, 0.29) is 29.7 Å². The summed E-state index contributed by atoms with van der Waals surface area (Å²) in [4.78, 5) is 40.9. The van der Waals surface area contributed by atoms with Gasteiger partial charge in [0, 0.05) is 35.5 Å². The molecule has 0 spiro atoms. The Morgan fingerprint density at radius 2 is 2.00 bits per heavy atom. The highest BCUT2D eigenvalue weighted by molar-refractivity contribution is 6.07. The van der Waals surface area contributed by atoms with Crippen LogP contribution in [0.1, 0.15) is 69.3 Å². The highest BCUT2D eigenvalue weighted by Gasteiger charge is 2.24. The number of Topliss-reactive ketones (excluding diaryl/α,β-unsaturated/α-hetero) is 1. The standard InChI is InChI=1S/C24H25N3O4.ClH/c1-13-10-20(14-4-3-9-25-12-14)31-24(30)21(13)23(29)26-15-7-8-16-17-5-2-6-19(28)22(17)27-18(16)11-15;/h7-8,10-11,14,25,27H,2-6,9,12H2,1H3,(H,26,29);1H. The van der Waals surface area contributed by atoms with E-state index in [1.165, 1.54) is 0 Å². The van der Waals surface area contributed by atoms with Crippen LogP contribution in [0.4, 0.5) is 5.69 Å². The summed E-state index contributed by atoms with van der Waals surface area (Å²) in [6.07, 6.45) is 4.29. The summed E-state index contributed by atoms with van der Waals surface area (Å²) in [7, 11) is 0. The molecule has 5 rings (SSSR count). The number of carbonyl (C=O) groups is 2. The first kappa shape index (κ1) is 22.3. The van der Waals surface area contributed by atoms with Crippen molar-refractivity contribution in [3.05, 3.63) is 62.8 Å². The number of amides is 1. The van der Waals surface area contributed by atoms with Crippen molar-refractivity contribution in [2.75, 3.05) is 18.4 Å². The van der Waals surface area contributed by atoms with Crippen LogP contribution < -0.4 is 16.3 Å². The molecule has 1 saturated heterocycles. The number of fused-ring (bicyclic) bond motifs is 3. The zero-order chi connectivity index (χ0) is 21.5. The monoisotopic (exact) mass is 455 g/mol. The minimum absolute atomic E-state index is 0. The maximum Gasteiger partial charge on any atom is 0.349 e. The second kappa shape index (κ2) is 8.92. The van der Waals surface area contributed by atoms with Crippen LogP contribution in [0.3, 0.4) is 0 Å². The normalized spacial score (nSPS) is 18.2. The molecule has 3 aromatic rings. The highest BCUT2D eigenvalue weighted by atomic mass is 35.5. The zero-order valence-corrected chi connectivity index (χ0v) is 18.7. The Morgan fingerprint density at radius 1 is 1.16 bits per heavy atom. The van der Waals surface area contributed by atoms with Crippen molar-refractivity contribution >= 4 is 40.7 Å². The predicted octanol–water partition coefficient (Wildman–Crippen LogP) is 4.09. The lowest BCUT2D eigenvalue weighted by Gasteiger charge is -2.22. The van der Waals surface area contributed by atoms with Crippen molar-refractivity contribution in [3.63, 3.8) is 0 Å². The van der Waals surface area contributed by atoms with E-state index < -0.39 is 11.5 Å². The fourth-order valence-corrected chi connectivity index (χ4v) is 4.78. The number of H-pyrrole nitrogens is 1. The third kappa shape index (κ3) is 3.98. The van der Waals surface area contributed by atoms with Gasteiger partial charge in [-0.2, -0.15) is 0 Å². The maximum atomic E-state index is 12.9. The smallest absolute Gasteiger partial charge is 0.349 e. The number of carbonyl (C=O) groups excluding carboxylic acids is 2. The average Bonchev–Trinajstić information content (AvgIpc) is 3.13. The molecule has 1 fully saturated rings. The summed E-state index contributed by atoms with van der Waals surface area (Å²) in [5.41, 5.74) is 3.11. The molecule has 1 unspecified atom stereocenters. The van der Waals surface area contributed by atoms with Crippen LogP contribution in [0.15, 0.2) is 33.5 Å². The quantitative estimate of drug-likeness (QED) is 0.551. The molecule has 3 N–H and O–H groups in total. The van der Waals surface area contributed by atoms with E-state index in [1.54, 1.807) is 19.1 Å². The number of benzene rings is 1. The zero-order valence-electron chi connectivity index (χ0n) is 17.9. The van der Waals surface area contributed by atoms with Crippen LogP contribution in [-0.2, 0) is 6.42 Å². The van der Waals surface area contributed by atoms with E-state index in [9.17, 15) is 14.4 Å². The Labute approximate surface area is 191 Å². The molecule has 2 aromatic heterocycles. The molecule has 32 heavy (non-hydrogen) atoms. The van der Waals surface area contributed by atoms with Gasteiger partial charge >= 0.3 is 5.63 Å². The second-order valence-corrected chi connectivity index (χ2v) is 8.51. The topological polar surface area (TPSA) is 104 Å². The Bertz CT molecular complexity index is 1250. The van der Waals surface area contributed by atoms with Crippen molar-refractivity contribution in [3.8, 4) is 0 Å². The first-order valence-corrected chi connectivity index (χ1v) is 10.9. The SMILES string of the molecule is Cc1cc(C2CCCNC2)oc(=O)c1C(=O)Nc1ccc2c3c([nH]c2c1)C(=O)CCC3.Cl. The molecule has 2 aliphatic rings. The van der Waals surface area contributed by atoms with Crippen molar-refractivity contribution in [1.82, 2.24) is 10.3 Å². The Balaban J connectivity index is 0.00000245. The fraction of sp³-hybridized carbons (Fsp3) is 0.375. The van der Waals surface area contributed by atoms with E-state index in [2.05, 4.69) is 15.6 Å². The number of hydrogen-bond donors (Lipinski definition) is 3. The molecule has 1 aliphatic heterocycles. The molecule has 7 nitrogen and oxygen atoms in total. The molecule has 1 aliphatic carbocycles. The van der Waals surface area contributed by atoms with Gasteiger partial charge in [0.15, 0.2) is 5.78 Å². The first-order chi connectivity index (χ1) is 15.0. The van der Waals surface area contributed by atoms with Gasteiger partial charge in [-0.05, 0) is 68.5 Å². The Kier molecular flexibility index (Phi) is 6.22. The third-order valence-corrected chi connectivity index (χ3v) is 6.37. The fourth-order valence-electron chi connectivity index (χ4n) is 4.78. The number of aryl methyl sites for hydroxylation is 2. The van der Waals surface area contributed by atoms with Crippen LogP contribution in [-0.4, -0.2) is 29.8 Å². The van der Waals surface area contributed by atoms with E-state index in [0.29, 0.717) is 29.1 Å². The molecule has 0 radical (unpaired) electrons. The molecule has 1 aromatic carbocycles. The Hall–Kier alpha value is -2.90. The molecule has 0 bridgehead atoms. The summed E-state index contributed by atoms with van der Waals surface area (Å²) in [5.74, 6) is 0.423. The van der Waals surface area contributed by atoms with Crippen molar-refractivity contribution < 1.29 is 14.0 Å². The molecule has 8 heteroatoms. The third-order valence-electron chi connectivity index (χ3n) is 6.37. The average molecular weight is 456 g/mol. The summed E-state index contributed by atoms with van der Waals surface area (Å²) in [6, 6.07) is 7.32. The van der Waals surface area contributed by atoms with Crippen LogP contribution in [0.25, 0.3) is 10.9 Å². The van der Waals surface area contributed by atoms with E-state index in [1.807, 2.05) is 12.1 Å². The van der Waals surface area contributed by atoms with Gasteiger partial charge in [-0.25, -0.2) is 4.79 Å². The van der Waals surface area contributed by atoms with Gasteiger partial charge in [0.2, 0.25) is 0 Å². The number of halogens is 1. The highest BCUT2D eigenvalue weighted by Crippen LogP contribution is 2.31. The van der Waals surface area contributed by atoms with Crippen molar-refractivity contribution in [2.24, 2.45) is 0 Å². The minimum atomic E-state index is -0.611. The number of nitrogens with one attached hydrogen (secondary N) is 3. The van der Waals surface area contributed by atoms with Gasteiger partial charge in [0.05, 0.1) is 5.69 Å². The van der Waals surface area contributed by atoms with Gasteiger partial charge in [0.25, 0.3) is 5.91 Å². The van der Waals surface area contributed by atoms with Gasteiger partial charge < -0.3 is 20.0 Å². The van der Waals surface area contributed by atoms with Gasteiger partial charge in [-0.3, -0.25) is 9.59 Å². The van der Waals surface area contributed by atoms with Crippen LogP contribution in [0.5, 0.6) is 0 Å². The largest absolute Gasteiger partial charge is 0.427 e. The minimum Gasteiger partial charge on any atom is -0.427 e. The number of ketones is 1. The van der Waals surface area contributed by atoms with Gasteiger partial charge in [-0.15, -0.1) is 12.4 Å². The van der Waals surface area contributed by atoms with Crippen molar-refractivity contribution in [1.29, 1.82) is 0 Å². The van der Waals surface area contributed by atoms with E-state index >= 15 is 0 Å². The number of aromatic amines is 1. The molecule has 168 valence electrons. The van der Waals surface area contributed by atoms with Gasteiger partial charge in [-0.1, -0.05) is 6.07 Å². The second-order valence-electron chi connectivity index (χ2n) is 8.51. The van der Waals surface area contributed by atoms with Crippen LogP contribution in [0, 0.1) is 6.92 Å². The molecule has 1 atom stereocenters. The summed E-state index contributed by atoms with van der Waals surface area (Å²) in [6.45, 7) is 3.51. The predicted molar refractivity (Wildman–Crippen MR) is 125 cm³/mol. The summed E-state index contributed by atoms with van der Waals surface area (Å²) in [5, 5.41) is 7.12. The number of rotatable bonds is 3. The summed E-state index contributed by atoms with van der Waals surface area (Å²) < 4.78 is 5.52. The molecule has 0 saturated carbocycles. The lowest BCUT2D eigenvalue weighted by Crippen LogP contribution is -2.30. The number of piperidine rings is 1. The van der Waals surface area contributed by atoms with E-state index in [4.69, 9.17) is 4.42 Å². The molecule has 1 amide bonds. The maximum absolute atomic E-state index is 12.9. The molecule has 3 heterocycles. The van der Waals surface area contributed by atoms with Crippen LogP contribution >= 0.6 is 12.4 Å². The van der Waals surface area contributed by atoms with E-state index in [0.717, 1.165) is 55.2 Å². The lowest BCUT2D eigenvalue weighted by atomic mass is 9.94. The van der Waals surface area contributed by atoms with Crippen molar-refractivity contribution in [2.45, 2.75) is 44.9 Å². The first-order valence-electron chi connectivity index (χ1n) is 10.9. The number of anilines is 1. The van der Waals surface area contributed by atoms with Crippen LogP contribution in [0.2, 0.25) is 0 Å². The molecular formula is C24H26ClN3O4. The Morgan fingerprint density at radius 3 is 2.75 bits per heavy atom.